The van der Waals surface area contributed by atoms with Crippen molar-refractivity contribution >= 4 is 5.91 Å². The molecular formula is C6H13LiNO+. The van der Waals surface area contributed by atoms with Gasteiger partial charge in [-0.05, 0) is 6.42 Å². The fraction of sp³-hybridized carbons (Fsp3) is 0.833. The molecule has 3 heteroatoms. The molecule has 0 rings (SSSR count). The predicted molar refractivity (Wildman–Crippen MR) is 33.6 cm³/mol. The van der Waals surface area contributed by atoms with Gasteiger partial charge in [0.1, 0.15) is 0 Å². The van der Waals surface area contributed by atoms with Crippen LogP contribution in [0, 0.1) is 0 Å². The van der Waals surface area contributed by atoms with Crippen LogP contribution in [-0.2, 0) is 4.79 Å². The van der Waals surface area contributed by atoms with E-state index in [1.54, 1.807) is 0 Å². The molecule has 48 valence electrons. The van der Waals surface area contributed by atoms with E-state index in [9.17, 15) is 4.79 Å². The van der Waals surface area contributed by atoms with Crippen molar-refractivity contribution in [2.24, 2.45) is 0 Å². The van der Waals surface area contributed by atoms with E-state index in [2.05, 4.69) is 5.32 Å². The van der Waals surface area contributed by atoms with Gasteiger partial charge in [-0.3, -0.25) is 4.79 Å². The van der Waals surface area contributed by atoms with Gasteiger partial charge >= 0.3 is 18.9 Å². The first-order valence-electron chi connectivity index (χ1n) is 3.08. The molecule has 0 aliphatic rings. The van der Waals surface area contributed by atoms with E-state index in [4.69, 9.17) is 0 Å². The maximum Gasteiger partial charge on any atom is 1.00 e. The molecule has 0 saturated carbocycles. The molecule has 0 aromatic rings. The van der Waals surface area contributed by atoms with Crippen LogP contribution in [0.15, 0.2) is 0 Å². The van der Waals surface area contributed by atoms with E-state index in [1.165, 1.54) is 0 Å². The molecule has 2 nitrogen and oxygen atoms in total. The van der Waals surface area contributed by atoms with Crippen molar-refractivity contribution in [1.82, 2.24) is 5.32 Å². The first-order valence-corrected chi connectivity index (χ1v) is 3.08. The van der Waals surface area contributed by atoms with E-state index in [1.807, 2.05) is 13.8 Å². The monoisotopic (exact) mass is 122 g/mol. The summed E-state index contributed by atoms with van der Waals surface area (Å²) >= 11 is 0. The van der Waals surface area contributed by atoms with Crippen LogP contribution in [-0.4, -0.2) is 12.5 Å². The number of hydrogen-bond acceptors (Lipinski definition) is 1. The Morgan fingerprint density at radius 2 is 2.00 bits per heavy atom. The van der Waals surface area contributed by atoms with Crippen LogP contribution in [0.1, 0.15) is 26.7 Å². The molecule has 0 aliphatic heterocycles. The maximum absolute atomic E-state index is 10.5. The van der Waals surface area contributed by atoms with Crippen LogP contribution >= 0.6 is 0 Å². The molecule has 0 spiro atoms. The topological polar surface area (TPSA) is 29.1 Å². The Labute approximate surface area is 68.6 Å². The van der Waals surface area contributed by atoms with Crippen LogP contribution in [0.4, 0.5) is 0 Å². The quantitative estimate of drug-likeness (QED) is 0.428. The Balaban J connectivity index is 0. The first-order chi connectivity index (χ1) is 3.81. The smallest absolute Gasteiger partial charge is 0.356 e. The molecule has 0 aromatic heterocycles. The van der Waals surface area contributed by atoms with Crippen molar-refractivity contribution in [2.75, 3.05) is 6.54 Å². The van der Waals surface area contributed by atoms with Crippen molar-refractivity contribution in [3.63, 3.8) is 0 Å². The molecule has 0 heterocycles. The minimum Gasteiger partial charge on any atom is -0.356 e. The van der Waals surface area contributed by atoms with Crippen LogP contribution in [0.25, 0.3) is 0 Å². The minimum atomic E-state index is 0. The zero-order valence-corrected chi connectivity index (χ0v) is 6.53. The Morgan fingerprint density at radius 1 is 1.44 bits per heavy atom. The van der Waals surface area contributed by atoms with E-state index in [-0.39, 0.29) is 24.8 Å². The molecule has 0 saturated heterocycles. The summed E-state index contributed by atoms with van der Waals surface area (Å²) in [5, 5.41) is 2.74. The Morgan fingerprint density at radius 3 is 2.33 bits per heavy atom. The van der Waals surface area contributed by atoms with Gasteiger partial charge in [0, 0.05) is 13.0 Å². The number of amides is 1. The summed E-state index contributed by atoms with van der Waals surface area (Å²) in [6.07, 6.45) is 1.62. The molecule has 0 aliphatic carbocycles. The van der Waals surface area contributed by atoms with Crippen molar-refractivity contribution in [3.8, 4) is 0 Å². The van der Waals surface area contributed by atoms with Gasteiger partial charge in [0.25, 0.3) is 0 Å². The Bertz CT molecular complexity index is 75.5. The van der Waals surface area contributed by atoms with Crippen LogP contribution in [0.5, 0.6) is 0 Å². The van der Waals surface area contributed by atoms with Crippen LogP contribution in [0.3, 0.4) is 0 Å². The number of nitrogens with one attached hydrogen (secondary N) is 1. The van der Waals surface area contributed by atoms with Crippen LogP contribution < -0.4 is 24.2 Å². The van der Waals surface area contributed by atoms with E-state index in [0.29, 0.717) is 6.42 Å². The zero-order valence-electron chi connectivity index (χ0n) is 6.53. The Kier molecular flexibility index (Phi) is 10.6. The molecule has 1 N–H and O–H groups in total. The SMILES string of the molecule is CCCNC(=O)CC.[Li+]. The van der Waals surface area contributed by atoms with Crippen molar-refractivity contribution in [3.05, 3.63) is 0 Å². The third-order valence-corrected chi connectivity index (χ3v) is 0.893. The van der Waals surface area contributed by atoms with Crippen molar-refractivity contribution in [2.45, 2.75) is 26.7 Å². The van der Waals surface area contributed by atoms with Gasteiger partial charge in [0.05, 0.1) is 0 Å². The molecule has 0 fully saturated rings. The first kappa shape index (κ1) is 11.8. The van der Waals surface area contributed by atoms with Crippen molar-refractivity contribution < 1.29 is 23.7 Å². The number of carbonyl (C=O) groups is 1. The Hall–Kier alpha value is 0.0674. The van der Waals surface area contributed by atoms with Gasteiger partial charge in [-0.25, -0.2) is 0 Å². The number of carbonyl (C=O) groups excluding carboxylic acids is 1. The second-order valence-corrected chi connectivity index (χ2v) is 1.70. The van der Waals surface area contributed by atoms with Crippen molar-refractivity contribution in [1.29, 1.82) is 0 Å². The van der Waals surface area contributed by atoms with Gasteiger partial charge in [0.15, 0.2) is 0 Å². The maximum atomic E-state index is 10.5. The molecule has 0 atom stereocenters. The average molecular weight is 122 g/mol. The van der Waals surface area contributed by atoms with E-state index >= 15 is 0 Å². The number of hydrogen-bond donors (Lipinski definition) is 1. The molecule has 0 bridgehead atoms. The molecule has 0 aromatic carbocycles. The third-order valence-electron chi connectivity index (χ3n) is 0.893. The van der Waals surface area contributed by atoms with E-state index in [0.717, 1.165) is 13.0 Å². The van der Waals surface area contributed by atoms with Gasteiger partial charge in [-0.15, -0.1) is 0 Å². The van der Waals surface area contributed by atoms with Crippen LogP contribution in [0.2, 0.25) is 0 Å². The summed E-state index contributed by atoms with van der Waals surface area (Å²) in [4.78, 5) is 10.5. The summed E-state index contributed by atoms with van der Waals surface area (Å²) in [5.41, 5.74) is 0. The van der Waals surface area contributed by atoms with E-state index < -0.39 is 0 Å². The fourth-order valence-electron chi connectivity index (χ4n) is 0.389. The molecule has 1 amide bonds. The minimum absolute atomic E-state index is 0. The second-order valence-electron chi connectivity index (χ2n) is 1.70. The molecule has 9 heavy (non-hydrogen) atoms. The molecule has 0 radical (unpaired) electrons. The summed E-state index contributed by atoms with van der Waals surface area (Å²) < 4.78 is 0. The van der Waals surface area contributed by atoms with Gasteiger partial charge in [-0.2, -0.15) is 0 Å². The standard InChI is InChI=1S/C6H13NO.Li/c1-3-5-7-6(8)4-2;/h3-5H2,1-2H3,(H,7,8);/q;+1. The predicted octanol–water partition coefficient (Wildman–Crippen LogP) is -2.07. The summed E-state index contributed by atoms with van der Waals surface area (Å²) in [6.45, 7) is 4.70. The fourth-order valence-corrected chi connectivity index (χ4v) is 0.389. The zero-order chi connectivity index (χ0) is 6.41. The normalized spacial score (nSPS) is 7.78. The summed E-state index contributed by atoms with van der Waals surface area (Å²) in [5.74, 6) is 0.145. The van der Waals surface area contributed by atoms with Gasteiger partial charge < -0.3 is 5.32 Å². The summed E-state index contributed by atoms with van der Waals surface area (Å²) in [6, 6.07) is 0. The molecular weight excluding hydrogens is 109 g/mol. The summed E-state index contributed by atoms with van der Waals surface area (Å²) in [7, 11) is 0. The number of rotatable bonds is 3. The van der Waals surface area contributed by atoms with Gasteiger partial charge in [-0.1, -0.05) is 13.8 Å². The van der Waals surface area contributed by atoms with Gasteiger partial charge in [0.2, 0.25) is 5.91 Å². The largest absolute Gasteiger partial charge is 1.00 e. The third kappa shape index (κ3) is 8.07. The average Bonchev–Trinajstić information content (AvgIpc) is 1.83. The second kappa shape index (κ2) is 8.07. The molecule has 0 unspecified atom stereocenters.